The van der Waals surface area contributed by atoms with E-state index in [1.807, 2.05) is 58.9 Å². The van der Waals surface area contributed by atoms with E-state index in [0.717, 1.165) is 17.9 Å². The fraction of sp³-hybridized carbons (Fsp3) is 0.588. The second kappa shape index (κ2) is 7.34. The minimum atomic E-state index is -0.303. The standard InChI is InChI=1S/C17H28N2O2/c1-7-12(2)21-15-10-8-9-14(11-15)18-13(3)16(20)19-17(4,5)6/h8-13,18H,7H2,1-6H3,(H,19,20). The number of carbonyl (C=O) groups excluding carboxylic acids is 1. The van der Waals surface area contributed by atoms with Gasteiger partial charge in [0, 0.05) is 17.3 Å². The third-order valence-electron chi connectivity index (χ3n) is 3.02. The maximum Gasteiger partial charge on any atom is 0.242 e. The summed E-state index contributed by atoms with van der Waals surface area (Å²) in [5.41, 5.74) is 0.654. The molecule has 0 saturated carbocycles. The SMILES string of the molecule is CCC(C)Oc1cccc(NC(C)C(=O)NC(C)(C)C)c1. The molecule has 0 aliphatic carbocycles. The van der Waals surface area contributed by atoms with Crippen LogP contribution in [0.3, 0.4) is 0 Å². The maximum absolute atomic E-state index is 12.1. The van der Waals surface area contributed by atoms with Crippen molar-refractivity contribution in [2.75, 3.05) is 5.32 Å². The Balaban J connectivity index is 2.66. The second-order valence-electron chi connectivity index (χ2n) is 6.47. The Bertz CT molecular complexity index is 466. The molecule has 1 amide bonds. The molecular formula is C17H28N2O2. The van der Waals surface area contributed by atoms with Crippen molar-refractivity contribution in [3.8, 4) is 5.75 Å². The number of rotatable bonds is 6. The van der Waals surface area contributed by atoms with Gasteiger partial charge in [0.2, 0.25) is 5.91 Å². The summed E-state index contributed by atoms with van der Waals surface area (Å²) in [6.45, 7) is 11.9. The highest BCUT2D eigenvalue weighted by molar-refractivity contribution is 5.84. The van der Waals surface area contributed by atoms with Crippen LogP contribution >= 0.6 is 0 Å². The molecule has 118 valence electrons. The Kier molecular flexibility index (Phi) is 6.06. The van der Waals surface area contributed by atoms with Crippen LogP contribution in [0, 0.1) is 0 Å². The number of ether oxygens (including phenoxy) is 1. The molecule has 1 aromatic rings. The van der Waals surface area contributed by atoms with Gasteiger partial charge in [-0.25, -0.2) is 0 Å². The van der Waals surface area contributed by atoms with Gasteiger partial charge in [-0.15, -0.1) is 0 Å². The molecule has 0 fully saturated rings. The highest BCUT2D eigenvalue weighted by atomic mass is 16.5. The summed E-state index contributed by atoms with van der Waals surface area (Å²) in [6.07, 6.45) is 1.14. The van der Waals surface area contributed by atoms with Crippen molar-refractivity contribution in [1.82, 2.24) is 5.32 Å². The average Bonchev–Trinajstić information content (AvgIpc) is 2.37. The molecule has 2 N–H and O–H groups in total. The lowest BCUT2D eigenvalue weighted by Gasteiger charge is -2.24. The van der Waals surface area contributed by atoms with E-state index in [2.05, 4.69) is 17.6 Å². The molecule has 1 aromatic carbocycles. The normalized spacial score (nSPS) is 14.2. The summed E-state index contributed by atoms with van der Waals surface area (Å²) < 4.78 is 5.79. The van der Waals surface area contributed by atoms with Gasteiger partial charge in [0.15, 0.2) is 0 Å². The molecule has 4 nitrogen and oxygen atoms in total. The quantitative estimate of drug-likeness (QED) is 0.842. The van der Waals surface area contributed by atoms with Crippen LogP contribution in [-0.2, 0) is 4.79 Å². The number of nitrogens with one attached hydrogen (secondary N) is 2. The summed E-state index contributed by atoms with van der Waals surface area (Å²) in [7, 11) is 0. The van der Waals surface area contributed by atoms with E-state index in [1.54, 1.807) is 0 Å². The smallest absolute Gasteiger partial charge is 0.242 e. The predicted molar refractivity (Wildman–Crippen MR) is 87.8 cm³/mol. The van der Waals surface area contributed by atoms with Crippen molar-refractivity contribution in [1.29, 1.82) is 0 Å². The second-order valence-corrected chi connectivity index (χ2v) is 6.47. The van der Waals surface area contributed by atoms with Gasteiger partial charge in [0.25, 0.3) is 0 Å². The predicted octanol–water partition coefficient (Wildman–Crippen LogP) is 3.58. The third kappa shape index (κ3) is 6.52. The van der Waals surface area contributed by atoms with Gasteiger partial charge >= 0.3 is 0 Å². The lowest BCUT2D eigenvalue weighted by atomic mass is 10.1. The number of benzene rings is 1. The maximum atomic E-state index is 12.1. The zero-order chi connectivity index (χ0) is 16.0. The Hall–Kier alpha value is -1.71. The average molecular weight is 292 g/mol. The van der Waals surface area contributed by atoms with Gasteiger partial charge < -0.3 is 15.4 Å². The van der Waals surface area contributed by atoms with Crippen LogP contribution in [-0.4, -0.2) is 23.6 Å². The van der Waals surface area contributed by atoms with Gasteiger partial charge in [-0.3, -0.25) is 4.79 Å². The summed E-state index contributed by atoms with van der Waals surface area (Å²) in [6, 6.07) is 7.41. The molecule has 0 radical (unpaired) electrons. The Morgan fingerprint density at radius 3 is 2.52 bits per heavy atom. The van der Waals surface area contributed by atoms with Gasteiger partial charge in [0.05, 0.1) is 6.10 Å². The largest absolute Gasteiger partial charge is 0.491 e. The van der Waals surface area contributed by atoms with Crippen molar-refractivity contribution in [3.63, 3.8) is 0 Å². The molecule has 1 rings (SSSR count). The van der Waals surface area contributed by atoms with E-state index < -0.39 is 0 Å². The van der Waals surface area contributed by atoms with E-state index in [9.17, 15) is 4.79 Å². The molecule has 0 spiro atoms. The summed E-state index contributed by atoms with van der Waals surface area (Å²) in [5.74, 6) is 0.800. The first kappa shape index (κ1) is 17.3. The van der Waals surface area contributed by atoms with Crippen LogP contribution in [0.5, 0.6) is 5.75 Å². The Morgan fingerprint density at radius 2 is 1.95 bits per heavy atom. The topological polar surface area (TPSA) is 50.4 Å². The van der Waals surface area contributed by atoms with E-state index in [0.29, 0.717) is 0 Å². The van der Waals surface area contributed by atoms with E-state index in [4.69, 9.17) is 4.74 Å². The molecule has 21 heavy (non-hydrogen) atoms. The number of amides is 1. The zero-order valence-electron chi connectivity index (χ0n) is 14.0. The minimum absolute atomic E-state index is 0.0178. The Labute approximate surface area is 128 Å². The minimum Gasteiger partial charge on any atom is -0.491 e. The molecule has 0 aliphatic rings. The summed E-state index contributed by atoms with van der Waals surface area (Å²) in [4.78, 5) is 12.1. The highest BCUT2D eigenvalue weighted by Crippen LogP contribution is 2.20. The van der Waals surface area contributed by atoms with Crippen molar-refractivity contribution in [2.24, 2.45) is 0 Å². The fourth-order valence-corrected chi connectivity index (χ4v) is 1.77. The van der Waals surface area contributed by atoms with Gasteiger partial charge in [0.1, 0.15) is 11.8 Å². The molecule has 0 saturated heterocycles. The van der Waals surface area contributed by atoms with Crippen LogP contribution in [0.4, 0.5) is 5.69 Å². The lowest BCUT2D eigenvalue weighted by Crippen LogP contribution is -2.47. The molecular weight excluding hydrogens is 264 g/mol. The van der Waals surface area contributed by atoms with Gasteiger partial charge in [-0.2, -0.15) is 0 Å². The molecule has 2 unspecified atom stereocenters. The van der Waals surface area contributed by atoms with Crippen LogP contribution < -0.4 is 15.4 Å². The van der Waals surface area contributed by atoms with E-state index >= 15 is 0 Å². The van der Waals surface area contributed by atoms with Crippen molar-refractivity contribution >= 4 is 11.6 Å². The molecule has 0 aromatic heterocycles. The van der Waals surface area contributed by atoms with Crippen molar-refractivity contribution in [3.05, 3.63) is 24.3 Å². The van der Waals surface area contributed by atoms with Crippen LogP contribution in [0.25, 0.3) is 0 Å². The molecule has 0 heterocycles. The molecule has 2 atom stereocenters. The highest BCUT2D eigenvalue weighted by Gasteiger charge is 2.19. The van der Waals surface area contributed by atoms with Gasteiger partial charge in [-0.05, 0) is 53.2 Å². The van der Waals surface area contributed by atoms with Gasteiger partial charge in [-0.1, -0.05) is 13.0 Å². The van der Waals surface area contributed by atoms with Crippen LogP contribution in [0.1, 0.15) is 48.0 Å². The molecule has 4 heteroatoms. The van der Waals surface area contributed by atoms with Crippen molar-refractivity contribution in [2.45, 2.75) is 65.6 Å². The number of carbonyl (C=O) groups is 1. The van der Waals surface area contributed by atoms with E-state index in [-0.39, 0.29) is 23.6 Å². The summed E-state index contributed by atoms with van der Waals surface area (Å²) in [5, 5.41) is 6.17. The fourth-order valence-electron chi connectivity index (χ4n) is 1.77. The number of hydrogen-bond donors (Lipinski definition) is 2. The van der Waals surface area contributed by atoms with Crippen LogP contribution in [0.15, 0.2) is 24.3 Å². The first-order valence-corrected chi connectivity index (χ1v) is 7.56. The number of anilines is 1. The first-order valence-electron chi connectivity index (χ1n) is 7.56. The Morgan fingerprint density at radius 1 is 1.29 bits per heavy atom. The number of hydrogen-bond acceptors (Lipinski definition) is 3. The molecule has 0 bridgehead atoms. The zero-order valence-corrected chi connectivity index (χ0v) is 14.0. The molecule has 0 aliphatic heterocycles. The van der Waals surface area contributed by atoms with Crippen LogP contribution in [0.2, 0.25) is 0 Å². The lowest BCUT2D eigenvalue weighted by molar-refractivity contribution is -0.122. The first-order chi connectivity index (χ1) is 9.71. The van der Waals surface area contributed by atoms with E-state index in [1.165, 1.54) is 0 Å². The van der Waals surface area contributed by atoms with Crippen molar-refractivity contribution < 1.29 is 9.53 Å². The third-order valence-corrected chi connectivity index (χ3v) is 3.02. The summed E-state index contributed by atoms with van der Waals surface area (Å²) >= 11 is 0. The monoisotopic (exact) mass is 292 g/mol.